The lowest BCUT2D eigenvalue weighted by molar-refractivity contribution is -0.970. The summed E-state index contributed by atoms with van der Waals surface area (Å²) in [5.41, 5.74) is 8.15. The van der Waals surface area contributed by atoms with Gasteiger partial charge in [0.25, 0.3) is 0 Å². The molecule has 2 fully saturated rings. The predicted molar refractivity (Wildman–Crippen MR) is 181 cm³/mol. The summed E-state index contributed by atoms with van der Waals surface area (Å²) in [6, 6.07) is 34.1. The minimum Gasteiger partial charge on any atom is -0.255 e. The van der Waals surface area contributed by atoms with Crippen molar-refractivity contribution < 1.29 is 5.01 Å². The van der Waals surface area contributed by atoms with Gasteiger partial charge in [0.2, 0.25) is 0 Å². The number of hydrogen-bond donors (Lipinski definition) is 2. The van der Waals surface area contributed by atoms with Gasteiger partial charge in [-0.05, 0) is 32.1 Å². The van der Waals surface area contributed by atoms with E-state index in [1.54, 1.807) is 5.01 Å². The Kier molecular flexibility index (Phi) is 14.0. The number of rotatable bonds is 7. The van der Waals surface area contributed by atoms with Gasteiger partial charge in [-0.2, -0.15) is 28.1 Å². The molecule has 2 nitrogen and oxygen atoms in total. The summed E-state index contributed by atoms with van der Waals surface area (Å²) in [6.45, 7) is 4.89. The van der Waals surface area contributed by atoms with Crippen LogP contribution < -0.4 is 26.8 Å². The van der Waals surface area contributed by atoms with Crippen LogP contribution in [0.5, 0.6) is 0 Å². The molecule has 3 aromatic rings. The van der Waals surface area contributed by atoms with E-state index in [2.05, 4.69) is 103 Å². The summed E-state index contributed by atoms with van der Waals surface area (Å²) in [7, 11) is 0. The zero-order valence-corrected chi connectivity index (χ0v) is 26.0. The Hall–Kier alpha value is -2.36. The molecule has 222 valence electrons. The first-order chi connectivity index (χ1) is 20.3. The highest BCUT2D eigenvalue weighted by Crippen LogP contribution is 2.17. The third-order valence-electron chi connectivity index (χ3n) is 9.92. The highest BCUT2D eigenvalue weighted by molar-refractivity contribution is 7.11. The Morgan fingerprint density at radius 2 is 1.02 bits per heavy atom. The lowest BCUT2D eigenvalue weighted by Gasteiger charge is -2.43. The first-order valence-electron chi connectivity index (χ1n) is 17.3. The van der Waals surface area contributed by atoms with Crippen molar-refractivity contribution in [1.82, 2.24) is 5.43 Å². The predicted octanol–water partition coefficient (Wildman–Crippen LogP) is 6.80. The highest BCUT2D eigenvalue weighted by Gasteiger charge is 2.29. The maximum absolute atomic E-state index is 3.82. The summed E-state index contributed by atoms with van der Waals surface area (Å²) < 4.78 is 0. The molecule has 1 atom stereocenters. The standard InChI is InChI=1S/C22H24B.C16H32N2/c1-2-3-19-23(20-13-7-4-8-14-20,21-15-9-5-10-16-21)22-17-11-6-12-18-22;1-2-5-9-13-16(12-8-4-1)18-15-11-7-3-6-10-14-17-18/h4-18H,2-3,19H2,1H3;16-17H,1-15H2/q-1;/p+1. The zero-order valence-electron chi connectivity index (χ0n) is 26.0. The van der Waals surface area contributed by atoms with Gasteiger partial charge in [0.1, 0.15) is 6.04 Å². The van der Waals surface area contributed by atoms with E-state index >= 15 is 0 Å². The maximum Gasteiger partial charge on any atom is 0.105 e. The fraction of sp³-hybridized carbons (Fsp3) is 0.526. The van der Waals surface area contributed by atoms with Crippen LogP contribution in [0.3, 0.4) is 0 Å². The quantitative estimate of drug-likeness (QED) is 0.308. The van der Waals surface area contributed by atoms with Gasteiger partial charge in [0.15, 0.2) is 0 Å². The molecule has 3 heteroatoms. The average Bonchev–Trinajstić information content (AvgIpc) is 3.27. The van der Waals surface area contributed by atoms with Crippen LogP contribution in [0.1, 0.15) is 103 Å². The fourth-order valence-electron chi connectivity index (χ4n) is 7.57. The van der Waals surface area contributed by atoms with Gasteiger partial charge in [-0.1, -0.05) is 149 Å². The van der Waals surface area contributed by atoms with Gasteiger partial charge in [0.05, 0.1) is 12.7 Å². The van der Waals surface area contributed by atoms with E-state index in [9.17, 15) is 0 Å². The van der Waals surface area contributed by atoms with Crippen LogP contribution in [0.2, 0.25) is 6.32 Å². The minimum absolute atomic E-state index is 0.904. The first-order valence-corrected chi connectivity index (χ1v) is 17.3. The van der Waals surface area contributed by atoms with Crippen LogP contribution in [0, 0.1) is 0 Å². The summed E-state index contributed by atoms with van der Waals surface area (Å²) in [4.78, 5) is 0. The van der Waals surface area contributed by atoms with Crippen molar-refractivity contribution >= 4 is 22.5 Å². The van der Waals surface area contributed by atoms with Gasteiger partial charge in [-0.25, -0.2) is 0 Å². The Bertz CT molecular complexity index is 917. The average molecular weight is 553 g/mol. The number of quaternary nitrogens is 1. The van der Waals surface area contributed by atoms with Gasteiger partial charge in [-0.15, -0.1) is 0 Å². The van der Waals surface area contributed by atoms with Crippen LogP contribution in [-0.2, 0) is 0 Å². The third-order valence-corrected chi connectivity index (χ3v) is 9.92. The molecule has 1 saturated heterocycles. The molecule has 1 saturated carbocycles. The van der Waals surface area contributed by atoms with E-state index in [1.807, 2.05) is 0 Å². The molecule has 2 aliphatic rings. The second-order valence-electron chi connectivity index (χ2n) is 12.8. The smallest absolute Gasteiger partial charge is 0.105 e. The van der Waals surface area contributed by atoms with E-state index in [-0.39, 0.29) is 0 Å². The van der Waals surface area contributed by atoms with E-state index in [1.165, 1.54) is 132 Å². The molecule has 2 N–H and O–H groups in total. The monoisotopic (exact) mass is 552 g/mol. The van der Waals surface area contributed by atoms with Crippen LogP contribution in [0.4, 0.5) is 0 Å². The Morgan fingerprint density at radius 3 is 1.51 bits per heavy atom. The Morgan fingerprint density at radius 1 is 0.585 bits per heavy atom. The Labute approximate surface area is 252 Å². The molecule has 1 aliphatic heterocycles. The normalized spacial score (nSPS) is 19.7. The number of benzene rings is 3. The lowest BCUT2D eigenvalue weighted by Crippen LogP contribution is -3.22. The van der Waals surface area contributed by atoms with Crippen molar-refractivity contribution in [3.8, 4) is 0 Å². The molecule has 0 amide bonds. The topological polar surface area (TPSA) is 16.5 Å². The van der Waals surface area contributed by atoms with Crippen LogP contribution in [-0.4, -0.2) is 25.3 Å². The second kappa shape index (κ2) is 18.2. The molecule has 0 radical (unpaired) electrons. The van der Waals surface area contributed by atoms with Gasteiger partial charge >= 0.3 is 0 Å². The van der Waals surface area contributed by atoms with E-state index < -0.39 is 6.15 Å². The van der Waals surface area contributed by atoms with Crippen molar-refractivity contribution in [2.45, 2.75) is 116 Å². The number of hydrogen-bond acceptors (Lipinski definition) is 1. The van der Waals surface area contributed by atoms with Crippen molar-refractivity contribution in [2.24, 2.45) is 0 Å². The first kappa shape index (κ1) is 31.6. The third kappa shape index (κ3) is 9.58. The molecule has 1 aliphatic carbocycles. The highest BCUT2D eigenvalue weighted by atomic mass is 15.5. The second-order valence-corrected chi connectivity index (χ2v) is 12.8. The summed E-state index contributed by atoms with van der Waals surface area (Å²) in [5.74, 6) is 0. The van der Waals surface area contributed by atoms with Crippen molar-refractivity contribution in [3.05, 3.63) is 91.0 Å². The molecule has 0 bridgehead atoms. The number of unbranched alkanes of at least 4 members (excludes halogenated alkanes) is 1. The van der Waals surface area contributed by atoms with Crippen LogP contribution in [0.25, 0.3) is 0 Å². The van der Waals surface area contributed by atoms with E-state index in [4.69, 9.17) is 0 Å². The van der Waals surface area contributed by atoms with Gasteiger partial charge < -0.3 is 0 Å². The molecule has 1 unspecified atom stereocenters. The molecule has 41 heavy (non-hydrogen) atoms. The SMILES string of the molecule is C1CCCCC([NH+]2CCCCCCCN2)CCC1.CCCC[B-](c1ccccc1)(c1ccccc1)c1ccccc1. The van der Waals surface area contributed by atoms with Crippen molar-refractivity contribution in [2.75, 3.05) is 13.1 Å². The van der Waals surface area contributed by atoms with Crippen molar-refractivity contribution in [1.29, 1.82) is 0 Å². The lowest BCUT2D eigenvalue weighted by atomic mass is 9.14. The number of nitrogens with one attached hydrogen (secondary N) is 2. The molecular weight excluding hydrogens is 495 g/mol. The summed E-state index contributed by atoms with van der Waals surface area (Å²) in [6.07, 6.45) is 21.7. The molecule has 5 rings (SSSR count). The van der Waals surface area contributed by atoms with Gasteiger partial charge in [-0.3, -0.25) is 5.01 Å². The van der Waals surface area contributed by atoms with Crippen LogP contribution >= 0.6 is 0 Å². The van der Waals surface area contributed by atoms with Crippen LogP contribution in [0.15, 0.2) is 91.0 Å². The van der Waals surface area contributed by atoms with Gasteiger partial charge in [0, 0.05) is 19.4 Å². The molecule has 0 spiro atoms. The van der Waals surface area contributed by atoms with Crippen molar-refractivity contribution in [3.63, 3.8) is 0 Å². The molecular formula is C38H57BN2. The van der Waals surface area contributed by atoms with E-state index in [0.29, 0.717) is 0 Å². The minimum atomic E-state index is -0.913. The Balaban J connectivity index is 0.000000195. The summed E-state index contributed by atoms with van der Waals surface area (Å²) in [5, 5.41) is 1.74. The largest absolute Gasteiger partial charge is 0.255 e. The maximum atomic E-state index is 3.82. The van der Waals surface area contributed by atoms with E-state index in [0.717, 1.165) is 6.04 Å². The molecule has 3 aromatic carbocycles. The fourth-order valence-corrected chi connectivity index (χ4v) is 7.57. The molecule has 1 heterocycles. The molecule has 0 aromatic heterocycles. The zero-order chi connectivity index (χ0) is 28.4. The summed E-state index contributed by atoms with van der Waals surface area (Å²) >= 11 is 0.